The summed E-state index contributed by atoms with van der Waals surface area (Å²) in [7, 11) is -10.3. The van der Waals surface area contributed by atoms with E-state index in [1.165, 1.54) is 0 Å². The standard InChI is InChI=1S/Mg.2H2O4S.O.Ti/c;2*1-5(2,3)4;;/h;2*(H2,1,2,3,4);;/q+2;;;-2;+4/p-4. The Bertz CT molecular complexity index is 214. The maximum Gasteiger partial charge on any atom is 4.00 e. The first kappa shape index (κ1) is 29.2. The molecule has 0 atom stereocenters. The summed E-state index contributed by atoms with van der Waals surface area (Å²) < 4.78 is 68.2. The molecule has 0 unspecified atom stereocenters. The van der Waals surface area contributed by atoms with E-state index in [2.05, 4.69) is 0 Å². The van der Waals surface area contributed by atoms with Gasteiger partial charge in [-0.05, 0) is 0 Å². The predicted molar refractivity (Wildman–Crippen MR) is 27.4 cm³/mol. The molecule has 0 N–H and O–H groups in total. The summed E-state index contributed by atoms with van der Waals surface area (Å²) in [5.41, 5.74) is 0. The summed E-state index contributed by atoms with van der Waals surface area (Å²) in [5, 5.41) is 0. The van der Waals surface area contributed by atoms with E-state index in [0.717, 1.165) is 0 Å². The molecule has 0 radical (unpaired) electrons. The van der Waals surface area contributed by atoms with Crippen molar-refractivity contribution in [3.05, 3.63) is 0 Å². The van der Waals surface area contributed by atoms with Crippen LogP contribution in [0.15, 0.2) is 0 Å². The third-order valence-electron chi connectivity index (χ3n) is 0. The number of hydrogen-bond acceptors (Lipinski definition) is 8. The van der Waals surface area contributed by atoms with Gasteiger partial charge in [0.05, 0.1) is 0 Å². The molecule has 0 aromatic heterocycles. The van der Waals surface area contributed by atoms with Crippen molar-refractivity contribution < 1.29 is 62.2 Å². The molecule has 72 valence electrons. The van der Waals surface area contributed by atoms with E-state index in [1.807, 2.05) is 0 Å². The van der Waals surface area contributed by atoms with Gasteiger partial charge in [0.15, 0.2) is 0 Å². The third kappa shape index (κ3) is 1180. The van der Waals surface area contributed by atoms with E-state index < -0.39 is 20.8 Å². The van der Waals surface area contributed by atoms with Crippen molar-refractivity contribution in [2.45, 2.75) is 0 Å². The molecule has 0 aliphatic carbocycles. The van der Waals surface area contributed by atoms with Gasteiger partial charge in [-0.15, -0.1) is 0 Å². The van der Waals surface area contributed by atoms with Gasteiger partial charge in [-0.3, -0.25) is 16.8 Å². The molecule has 0 rings (SSSR count). The molecule has 0 bridgehead atoms. The Morgan fingerprint density at radius 1 is 0.692 bits per heavy atom. The van der Waals surface area contributed by atoms with Crippen LogP contribution >= 0.6 is 0 Å². The normalized spacial score (nSPS) is 8.92. The molecular weight excluding hydrogens is 280 g/mol. The Kier molecular flexibility index (Phi) is 25.3. The monoisotopic (exact) mass is 280 g/mol. The smallest absolute Gasteiger partial charge is 2.00 e. The molecular formula is MgO9S2Ti. The van der Waals surface area contributed by atoms with Crippen LogP contribution in [0.1, 0.15) is 0 Å². The topological polar surface area (TPSA) is 189 Å². The van der Waals surface area contributed by atoms with Gasteiger partial charge in [0, 0.05) is 20.8 Å². The van der Waals surface area contributed by atoms with Gasteiger partial charge in [-0.2, -0.15) is 0 Å². The van der Waals surface area contributed by atoms with Gasteiger partial charge >= 0.3 is 44.8 Å². The quantitative estimate of drug-likeness (QED) is 0.252. The fraction of sp³-hybridized carbons (Fsp3) is 0. The van der Waals surface area contributed by atoms with Crippen molar-refractivity contribution >= 4 is 43.9 Å². The molecule has 13 heavy (non-hydrogen) atoms. The zero-order valence-corrected chi connectivity index (χ0v) is 10.3. The zero-order chi connectivity index (χ0) is 9.00. The van der Waals surface area contributed by atoms with E-state index in [0.29, 0.717) is 0 Å². The molecule has 0 spiro atoms. The van der Waals surface area contributed by atoms with Crippen molar-refractivity contribution in [3.8, 4) is 0 Å². The molecule has 0 amide bonds. The Labute approximate surface area is 105 Å². The van der Waals surface area contributed by atoms with E-state index in [1.54, 1.807) is 0 Å². The zero-order valence-electron chi connectivity index (χ0n) is 5.70. The van der Waals surface area contributed by atoms with Crippen LogP contribution in [0.2, 0.25) is 0 Å². The minimum atomic E-state index is -5.17. The fourth-order valence-corrected chi connectivity index (χ4v) is 0. The molecule has 0 saturated carbocycles. The average Bonchev–Trinajstić information content (AvgIpc) is 1.12. The van der Waals surface area contributed by atoms with E-state index in [4.69, 9.17) is 35.0 Å². The second-order valence-electron chi connectivity index (χ2n) is 0.816. The molecule has 0 heterocycles. The van der Waals surface area contributed by atoms with Crippen LogP contribution in [-0.2, 0) is 48.0 Å². The molecule has 0 aromatic carbocycles. The van der Waals surface area contributed by atoms with Crippen LogP contribution in [0.25, 0.3) is 0 Å². The summed E-state index contributed by atoms with van der Waals surface area (Å²) in [4.78, 5) is 0. The Hall–Kier alpha value is 1.18. The SMILES string of the molecule is O=S(=O)([O-])[O-].O=S(=O)([O-])[O-].[Mg+2].[O-2].[Ti+4]. The van der Waals surface area contributed by atoms with E-state index >= 15 is 0 Å². The first-order valence-electron chi connectivity index (χ1n) is 1.33. The maximum absolute atomic E-state index is 8.52. The van der Waals surface area contributed by atoms with Gasteiger partial charge in [-0.1, -0.05) is 0 Å². The maximum atomic E-state index is 8.52. The predicted octanol–water partition coefficient (Wildman–Crippen LogP) is -3.18. The van der Waals surface area contributed by atoms with Crippen LogP contribution in [0.4, 0.5) is 0 Å². The van der Waals surface area contributed by atoms with E-state index in [-0.39, 0.29) is 50.2 Å². The summed E-state index contributed by atoms with van der Waals surface area (Å²) in [5.74, 6) is 0. The number of hydrogen-bond donors (Lipinski definition) is 0. The summed E-state index contributed by atoms with van der Waals surface area (Å²) in [6.07, 6.45) is 0. The first-order valence-corrected chi connectivity index (χ1v) is 4.00. The third-order valence-corrected chi connectivity index (χ3v) is 0. The van der Waals surface area contributed by atoms with Crippen LogP contribution in [0.3, 0.4) is 0 Å². The van der Waals surface area contributed by atoms with Crippen molar-refractivity contribution in [1.82, 2.24) is 0 Å². The van der Waals surface area contributed by atoms with Gasteiger partial charge in [0.25, 0.3) is 0 Å². The van der Waals surface area contributed by atoms with E-state index in [9.17, 15) is 0 Å². The minimum absolute atomic E-state index is 0. The molecule has 0 aromatic rings. The molecule has 13 heteroatoms. The average molecular weight is 280 g/mol. The van der Waals surface area contributed by atoms with Crippen molar-refractivity contribution in [3.63, 3.8) is 0 Å². The molecule has 0 aliphatic rings. The van der Waals surface area contributed by atoms with Gasteiger partial charge in [0.2, 0.25) is 0 Å². The Balaban J connectivity index is -0.0000000267. The van der Waals surface area contributed by atoms with Crippen LogP contribution < -0.4 is 0 Å². The Morgan fingerprint density at radius 2 is 0.692 bits per heavy atom. The molecule has 0 saturated heterocycles. The fourth-order valence-electron chi connectivity index (χ4n) is 0. The van der Waals surface area contributed by atoms with Crippen molar-refractivity contribution in [2.24, 2.45) is 0 Å². The van der Waals surface area contributed by atoms with Gasteiger partial charge < -0.3 is 23.7 Å². The second kappa shape index (κ2) is 11.3. The number of rotatable bonds is 0. The van der Waals surface area contributed by atoms with Crippen molar-refractivity contribution in [2.75, 3.05) is 0 Å². The van der Waals surface area contributed by atoms with Crippen LogP contribution in [0.5, 0.6) is 0 Å². The van der Waals surface area contributed by atoms with Gasteiger partial charge in [0.1, 0.15) is 0 Å². The summed E-state index contributed by atoms with van der Waals surface area (Å²) in [6, 6.07) is 0. The summed E-state index contributed by atoms with van der Waals surface area (Å²) >= 11 is 0. The minimum Gasteiger partial charge on any atom is -2.00 e. The summed E-state index contributed by atoms with van der Waals surface area (Å²) in [6.45, 7) is 0. The van der Waals surface area contributed by atoms with Crippen LogP contribution in [0, 0.1) is 0 Å². The van der Waals surface area contributed by atoms with Gasteiger partial charge in [-0.25, -0.2) is 0 Å². The van der Waals surface area contributed by atoms with Crippen molar-refractivity contribution in [1.29, 1.82) is 0 Å². The molecule has 9 nitrogen and oxygen atoms in total. The second-order valence-corrected chi connectivity index (χ2v) is 2.45. The molecule has 0 fully saturated rings. The first-order chi connectivity index (χ1) is 4.00. The van der Waals surface area contributed by atoms with Crippen LogP contribution in [-0.4, -0.2) is 58.1 Å². The molecule has 0 aliphatic heterocycles. The largest absolute Gasteiger partial charge is 4.00 e. The Morgan fingerprint density at radius 3 is 0.692 bits per heavy atom.